The lowest BCUT2D eigenvalue weighted by Gasteiger charge is -2.11. The van der Waals surface area contributed by atoms with Crippen LogP contribution in [0, 0.1) is 0 Å². The minimum atomic E-state index is -0.322. The van der Waals surface area contributed by atoms with Crippen molar-refractivity contribution in [1.29, 1.82) is 0 Å². The van der Waals surface area contributed by atoms with Crippen LogP contribution in [0.5, 0.6) is 0 Å². The molecule has 0 fully saturated rings. The minimum absolute atomic E-state index is 0.298. The summed E-state index contributed by atoms with van der Waals surface area (Å²) in [6, 6.07) is 7.35. The average molecular weight is 302 g/mol. The first kappa shape index (κ1) is 13.6. The summed E-state index contributed by atoms with van der Waals surface area (Å²) >= 11 is 1.57. The van der Waals surface area contributed by atoms with E-state index in [1.807, 2.05) is 18.2 Å². The molecule has 108 valence electrons. The Morgan fingerprint density at radius 1 is 1.19 bits per heavy atom. The molecule has 7 heteroatoms. The van der Waals surface area contributed by atoms with E-state index in [1.54, 1.807) is 23.9 Å². The summed E-state index contributed by atoms with van der Waals surface area (Å²) in [6.45, 7) is 0.409. The van der Waals surface area contributed by atoms with Gasteiger partial charge in [-0.1, -0.05) is 0 Å². The van der Waals surface area contributed by atoms with E-state index in [1.165, 1.54) is 17.7 Å². The zero-order valence-electron chi connectivity index (χ0n) is 11.7. The second-order valence-electron chi connectivity index (χ2n) is 4.76. The van der Waals surface area contributed by atoms with Crippen molar-refractivity contribution in [3.63, 3.8) is 0 Å². The normalized spacial score (nSPS) is 11.0. The Morgan fingerprint density at radius 2 is 2.00 bits per heavy atom. The van der Waals surface area contributed by atoms with Gasteiger partial charge in [0.2, 0.25) is 0 Å². The van der Waals surface area contributed by atoms with Gasteiger partial charge in [0.1, 0.15) is 0 Å². The fraction of sp³-hybridized carbons (Fsp3) is 0.214. The smallest absolute Gasteiger partial charge is 0.330 e. The highest BCUT2D eigenvalue weighted by molar-refractivity contribution is 7.16. The number of nitrogens with zero attached hydrogens (tertiary/aromatic N) is 3. The Hall–Kier alpha value is -2.41. The summed E-state index contributed by atoms with van der Waals surface area (Å²) in [7, 11) is 3.13. The first-order valence-electron chi connectivity index (χ1n) is 6.39. The minimum Gasteiger partial charge on any atom is -0.379 e. The molecule has 3 aromatic rings. The van der Waals surface area contributed by atoms with Crippen LogP contribution in [-0.2, 0) is 20.6 Å². The van der Waals surface area contributed by atoms with Gasteiger partial charge in [0.15, 0.2) is 0 Å². The van der Waals surface area contributed by atoms with E-state index in [4.69, 9.17) is 0 Å². The van der Waals surface area contributed by atoms with Crippen molar-refractivity contribution in [3.05, 3.63) is 56.3 Å². The standard InChI is InChI=1S/C14H14N4O2S/c1-17-10(6-13(19)18(2)14(17)20)7-15-9-3-4-11-12(5-9)21-8-16-11/h3-6,8,15H,7H2,1-2H3. The van der Waals surface area contributed by atoms with Gasteiger partial charge < -0.3 is 5.32 Å². The number of fused-ring (bicyclic) bond motifs is 1. The third kappa shape index (κ3) is 2.47. The number of anilines is 1. The van der Waals surface area contributed by atoms with Gasteiger partial charge in [-0.3, -0.25) is 13.9 Å². The molecule has 0 saturated carbocycles. The maximum atomic E-state index is 11.9. The predicted octanol–water partition coefficient (Wildman–Crippen LogP) is 1.31. The number of thiazole rings is 1. The van der Waals surface area contributed by atoms with Gasteiger partial charge >= 0.3 is 5.69 Å². The van der Waals surface area contributed by atoms with Gasteiger partial charge in [-0.15, -0.1) is 11.3 Å². The topological polar surface area (TPSA) is 68.9 Å². The van der Waals surface area contributed by atoms with Crippen molar-refractivity contribution < 1.29 is 0 Å². The van der Waals surface area contributed by atoms with Crippen LogP contribution in [-0.4, -0.2) is 14.1 Å². The van der Waals surface area contributed by atoms with E-state index in [2.05, 4.69) is 10.3 Å². The van der Waals surface area contributed by atoms with E-state index >= 15 is 0 Å². The van der Waals surface area contributed by atoms with Crippen LogP contribution in [0.4, 0.5) is 5.69 Å². The second-order valence-corrected chi connectivity index (χ2v) is 5.65. The van der Waals surface area contributed by atoms with E-state index in [-0.39, 0.29) is 11.2 Å². The number of hydrogen-bond donors (Lipinski definition) is 1. The Morgan fingerprint density at radius 3 is 2.81 bits per heavy atom. The quantitative estimate of drug-likeness (QED) is 0.792. The van der Waals surface area contributed by atoms with Gasteiger partial charge in [-0.05, 0) is 18.2 Å². The van der Waals surface area contributed by atoms with Gasteiger partial charge in [0, 0.05) is 31.5 Å². The van der Waals surface area contributed by atoms with Crippen LogP contribution in [0.3, 0.4) is 0 Å². The second kappa shape index (κ2) is 5.17. The molecule has 0 saturated heterocycles. The van der Waals surface area contributed by atoms with Crippen LogP contribution >= 0.6 is 11.3 Å². The van der Waals surface area contributed by atoms with Gasteiger partial charge in [-0.2, -0.15) is 0 Å². The molecule has 0 radical (unpaired) electrons. The van der Waals surface area contributed by atoms with Crippen molar-refractivity contribution in [2.75, 3.05) is 5.32 Å². The molecule has 0 amide bonds. The lowest BCUT2D eigenvalue weighted by atomic mass is 10.3. The van der Waals surface area contributed by atoms with Crippen molar-refractivity contribution in [2.45, 2.75) is 6.54 Å². The summed E-state index contributed by atoms with van der Waals surface area (Å²) in [4.78, 5) is 27.8. The first-order chi connectivity index (χ1) is 10.1. The SMILES string of the molecule is Cn1c(CNc2ccc3ncsc3c2)cc(=O)n(C)c1=O. The largest absolute Gasteiger partial charge is 0.379 e. The molecule has 2 aromatic heterocycles. The summed E-state index contributed by atoms with van der Waals surface area (Å²) in [5.41, 5.74) is 3.72. The molecule has 2 heterocycles. The van der Waals surface area contributed by atoms with Crippen molar-refractivity contribution in [2.24, 2.45) is 14.1 Å². The van der Waals surface area contributed by atoms with Crippen LogP contribution in [0.1, 0.15) is 5.69 Å². The Kier molecular flexibility index (Phi) is 3.34. The fourth-order valence-corrected chi connectivity index (χ4v) is 2.82. The van der Waals surface area contributed by atoms with E-state index in [9.17, 15) is 9.59 Å². The fourth-order valence-electron chi connectivity index (χ4n) is 2.11. The molecule has 0 atom stereocenters. The molecule has 0 bridgehead atoms. The lowest BCUT2D eigenvalue weighted by molar-refractivity contribution is 0.655. The maximum Gasteiger partial charge on any atom is 0.330 e. The average Bonchev–Trinajstić information content (AvgIpc) is 2.95. The number of nitrogens with one attached hydrogen (secondary N) is 1. The molecule has 0 spiro atoms. The molecule has 6 nitrogen and oxygen atoms in total. The summed E-state index contributed by atoms with van der Waals surface area (Å²) in [5.74, 6) is 0. The van der Waals surface area contributed by atoms with Crippen molar-refractivity contribution in [1.82, 2.24) is 14.1 Å². The lowest BCUT2D eigenvalue weighted by Crippen LogP contribution is -2.38. The number of benzene rings is 1. The zero-order valence-corrected chi connectivity index (χ0v) is 12.5. The molecule has 1 N–H and O–H groups in total. The molecule has 0 aliphatic carbocycles. The van der Waals surface area contributed by atoms with Crippen LogP contribution in [0.25, 0.3) is 10.2 Å². The highest BCUT2D eigenvalue weighted by atomic mass is 32.1. The zero-order chi connectivity index (χ0) is 15.0. The molecular formula is C14H14N4O2S. The Labute approximate surface area is 124 Å². The first-order valence-corrected chi connectivity index (χ1v) is 7.27. The Balaban J connectivity index is 1.87. The van der Waals surface area contributed by atoms with Crippen LogP contribution < -0.4 is 16.6 Å². The van der Waals surface area contributed by atoms with Crippen LogP contribution in [0.2, 0.25) is 0 Å². The Bertz CT molecular complexity index is 923. The summed E-state index contributed by atoms with van der Waals surface area (Å²) < 4.78 is 3.66. The number of hydrogen-bond acceptors (Lipinski definition) is 5. The third-order valence-electron chi connectivity index (χ3n) is 3.43. The predicted molar refractivity (Wildman–Crippen MR) is 83.9 cm³/mol. The highest BCUT2D eigenvalue weighted by Crippen LogP contribution is 2.21. The summed E-state index contributed by atoms with van der Waals surface area (Å²) in [6.07, 6.45) is 0. The van der Waals surface area contributed by atoms with Crippen molar-refractivity contribution in [3.8, 4) is 0 Å². The molecular weight excluding hydrogens is 288 g/mol. The van der Waals surface area contributed by atoms with E-state index in [0.717, 1.165) is 20.5 Å². The number of rotatable bonds is 3. The third-order valence-corrected chi connectivity index (χ3v) is 4.22. The molecule has 1 aromatic carbocycles. The summed E-state index contributed by atoms with van der Waals surface area (Å²) in [5, 5.41) is 3.23. The highest BCUT2D eigenvalue weighted by Gasteiger charge is 2.06. The van der Waals surface area contributed by atoms with Gasteiger partial charge in [0.05, 0.1) is 22.3 Å². The van der Waals surface area contributed by atoms with Gasteiger partial charge in [0.25, 0.3) is 5.56 Å². The van der Waals surface area contributed by atoms with Gasteiger partial charge in [-0.25, -0.2) is 9.78 Å². The monoisotopic (exact) mass is 302 g/mol. The van der Waals surface area contributed by atoms with Crippen LogP contribution in [0.15, 0.2) is 39.4 Å². The maximum absolute atomic E-state index is 11.9. The number of aromatic nitrogens is 3. The molecule has 0 aliphatic heterocycles. The van der Waals surface area contributed by atoms with E-state index < -0.39 is 0 Å². The van der Waals surface area contributed by atoms with Crippen molar-refractivity contribution >= 4 is 27.2 Å². The molecule has 3 rings (SSSR count). The molecule has 0 aliphatic rings. The van der Waals surface area contributed by atoms with E-state index in [0.29, 0.717) is 12.2 Å². The molecule has 21 heavy (non-hydrogen) atoms. The molecule has 0 unspecified atom stereocenters.